The van der Waals surface area contributed by atoms with E-state index in [4.69, 9.17) is 9.15 Å². The molecule has 15 heavy (non-hydrogen) atoms. The van der Waals surface area contributed by atoms with Crippen LogP contribution in [0.3, 0.4) is 0 Å². The lowest BCUT2D eigenvalue weighted by molar-refractivity contribution is 0.103. The van der Waals surface area contributed by atoms with Gasteiger partial charge in [0, 0.05) is 6.61 Å². The van der Waals surface area contributed by atoms with Crippen molar-refractivity contribution in [3.63, 3.8) is 0 Å². The first-order valence-corrected chi connectivity index (χ1v) is 5.58. The van der Waals surface area contributed by atoms with Crippen molar-refractivity contribution >= 4 is 0 Å². The van der Waals surface area contributed by atoms with Crippen molar-refractivity contribution in [2.75, 3.05) is 13.7 Å². The van der Waals surface area contributed by atoms with Crippen molar-refractivity contribution in [3.8, 4) is 0 Å². The molecule has 86 valence electrons. The average Bonchev–Trinajstić information content (AvgIpc) is 2.55. The second-order valence-electron chi connectivity index (χ2n) is 3.76. The van der Waals surface area contributed by atoms with Crippen LogP contribution < -0.4 is 5.32 Å². The second kappa shape index (κ2) is 6.64. The molecular weight excluding hydrogens is 190 g/mol. The van der Waals surface area contributed by atoms with E-state index in [9.17, 15) is 0 Å². The molecule has 0 saturated carbocycles. The maximum atomic E-state index is 5.65. The standard InChI is InChI=1S/C12H21NO2/c1-4-5-6-14-9-11-7-10(2)12(15-11)8-13-3/h7,13H,4-6,8-9H2,1-3H3. The normalized spacial score (nSPS) is 10.9. The summed E-state index contributed by atoms with van der Waals surface area (Å²) in [5.74, 6) is 1.93. The topological polar surface area (TPSA) is 34.4 Å². The van der Waals surface area contributed by atoms with Gasteiger partial charge in [-0.15, -0.1) is 0 Å². The second-order valence-corrected chi connectivity index (χ2v) is 3.76. The zero-order chi connectivity index (χ0) is 11.1. The highest BCUT2D eigenvalue weighted by Crippen LogP contribution is 2.15. The van der Waals surface area contributed by atoms with Gasteiger partial charge < -0.3 is 14.5 Å². The maximum absolute atomic E-state index is 5.65. The van der Waals surface area contributed by atoms with E-state index in [0.717, 1.165) is 31.1 Å². The maximum Gasteiger partial charge on any atom is 0.130 e. The quantitative estimate of drug-likeness (QED) is 0.704. The van der Waals surface area contributed by atoms with Gasteiger partial charge in [0.2, 0.25) is 0 Å². The summed E-state index contributed by atoms with van der Waals surface area (Å²) in [5, 5.41) is 3.08. The largest absolute Gasteiger partial charge is 0.462 e. The molecule has 3 heteroatoms. The molecule has 0 saturated heterocycles. The van der Waals surface area contributed by atoms with Gasteiger partial charge in [0.05, 0.1) is 6.54 Å². The average molecular weight is 211 g/mol. The molecular formula is C12H21NO2. The Kier molecular flexibility index (Phi) is 5.43. The Bertz CT molecular complexity index is 281. The predicted molar refractivity (Wildman–Crippen MR) is 60.8 cm³/mol. The highest BCUT2D eigenvalue weighted by atomic mass is 16.5. The number of ether oxygens (including phenoxy) is 1. The van der Waals surface area contributed by atoms with Gasteiger partial charge in [0.25, 0.3) is 0 Å². The van der Waals surface area contributed by atoms with Crippen molar-refractivity contribution in [3.05, 3.63) is 23.2 Å². The molecule has 3 nitrogen and oxygen atoms in total. The van der Waals surface area contributed by atoms with Crippen LogP contribution in [-0.4, -0.2) is 13.7 Å². The third kappa shape index (κ3) is 4.06. The molecule has 0 aliphatic carbocycles. The molecule has 1 rings (SSSR count). The lowest BCUT2D eigenvalue weighted by Gasteiger charge is -2.00. The van der Waals surface area contributed by atoms with E-state index < -0.39 is 0 Å². The molecule has 0 atom stereocenters. The molecule has 1 aromatic heterocycles. The summed E-state index contributed by atoms with van der Waals surface area (Å²) in [6, 6.07) is 2.05. The molecule has 0 radical (unpaired) electrons. The van der Waals surface area contributed by atoms with Gasteiger partial charge in [-0.05, 0) is 32.0 Å². The van der Waals surface area contributed by atoms with Crippen LogP contribution >= 0.6 is 0 Å². The smallest absolute Gasteiger partial charge is 0.130 e. The number of furan rings is 1. The fraction of sp³-hybridized carbons (Fsp3) is 0.667. The van der Waals surface area contributed by atoms with E-state index in [0.29, 0.717) is 6.61 Å². The van der Waals surface area contributed by atoms with Crippen molar-refractivity contribution in [1.82, 2.24) is 5.32 Å². The fourth-order valence-electron chi connectivity index (χ4n) is 1.42. The highest BCUT2D eigenvalue weighted by molar-refractivity contribution is 5.19. The summed E-state index contributed by atoms with van der Waals surface area (Å²) in [4.78, 5) is 0. The first kappa shape index (κ1) is 12.3. The van der Waals surface area contributed by atoms with Gasteiger partial charge in [0.1, 0.15) is 18.1 Å². The molecule has 1 aromatic rings. The Morgan fingerprint density at radius 2 is 2.27 bits per heavy atom. The van der Waals surface area contributed by atoms with Crippen LogP contribution in [0.15, 0.2) is 10.5 Å². The summed E-state index contributed by atoms with van der Waals surface area (Å²) in [7, 11) is 1.92. The monoisotopic (exact) mass is 211 g/mol. The Morgan fingerprint density at radius 1 is 1.47 bits per heavy atom. The third-order valence-electron chi connectivity index (χ3n) is 2.30. The van der Waals surface area contributed by atoms with Gasteiger partial charge in [-0.3, -0.25) is 0 Å². The first-order valence-electron chi connectivity index (χ1n) is 5.58. The van der Waals surface area contributed by atoms with Crippen LogP contribution in [-0.2, 0) is 17.9 Å². The van der Waals surface area contributed by atoms with Crippen LogP contribution in [0.4, 0.5) is 0 Å². The lowest BCUT2D eigenvalue weighted by atomic mass is 10.2. The number of nitrogens with one attached hydrogen (secondary N) is 1. The Balaban J connectivity index is 2.37. The third-order valence-corrected chi connectivity index (χ3v) is 2.30. The van der Waals surface area contributed by atoms with E-state index >= 15 is 0 Å². The predicted octanol–water partition coefficient (Wildman–Crippen LogP) is 2.62. The van der Waals surface area contributed by atoms with Gasteiger partial charge in [-0.1, -0.05) is 13.3 Å². The summed E-state index contributed by atoms with van der Waals surface area (Å²) in [5.41, 5.74) is 1.19. The van der Waals surface area contributed by atoms with Crippen LogP contribution in [0.25, 0.3) is 0 Å². The minimum Gasteiger partial charge on any atom is -0.462 e. The molecule has 0 aliphatic rings. The Hall–Kier alpha value is -0.800. The SMILES string of the molecule is CCCCOCc1cc(C)c(CNC)o1. The Morgan fingerprint density at radius 3 is 2.93 bits per heavy atom. The summed E-state index contributed by atoms with van der Waals surface area (Å²) < 4.78 is 11.1. The van der Waals surface area contributed by atoms with E-state index in [1.807, 2.05) is 7.05 Å². The molecule has 0 aromatic carbocycles. The molecule has 1 heterocycles. The van der Waals surface area contributed by atoms with E-state index in [1.165, 1.54) is 12.0 Å². The van der Waals surface area contributed by atoms with Crippen LogP contribution in [0.5, 0.6) is 0 Å². The van der Waals surface area contributed by atoms with Crippen molar-refractivity contribution in [2.45, 2.75) is 39.8 Å². The van der Waals surface area contributed by atoms with Crippen molar-refractivity contribution < 1.29 is 9.15 Å². The number of aryl methyl sites for hydroxylation is 1. The molecule has 0 amide bonds. The minimum absolute atomic E-state index is 0.588. The zero-order valence-corrected chi connectivity index (χ0v) is 9.93. The number of unbranched alkanes of at least 4 members (excludes halogenated alkanes) is 1. The summed E-state index contributed by atoms with van der Waals surface area (Å²) in [6.07, 6.45) is 2.28. The minimum atomic E-state index is 0.588. The van der Waals surface area contributed by atoms with E-state index in [-0.39, 0.29) is 0 Å². The number of hydrogen-bond donors (Lipinski definition) is 1. The Labute approximate surface area is 91.8 Å². The first-order chi connectivity index (χ1) is 7.27. The molecule has 0 fully saturated rings. The number of rotatable bonds is 7. The van der Waals surface area contributed by atoms with Crippen LogP contribution in [0.1, 0.15) is 36.8 Å². The van der Waals surface area contributed by atoms with Gasteiger partial charge in [-0.25, -0.2) is 0 Å². The molecule has 0 aliphatic heterocycles. The zero-order valence-electron chi connectivity index (χ0n) is 9.93. The van der Waals surface area contributed by atoms with Crippen LogP contribution in [0, 0.1) is 6.92 Å². The van der Waals surface area contributed by atoms with Crippen molar-refractivity contribution in [1.29, 1.82) is 0 Å². The van der Waals surface area contributed by atoms with Crippen molar-refractivity contribution in [2.24, 2.45) is 0 Å². The molecule has 0 spiro atoms. The molecule has 1 N–H and O–H groups in total. The highest BCUT2D eigenvalue weighted by Gasteiger charge is 2.06. The molecule has 0 bridgehead atoms. The lowest BCUT2D eigenvalue weighted by Crippen LogP contribution is -2.04. The number of hydrogen-bond acceptors (Lipinski definition) is 3. The van der Waals surface area contributed by atoms with Crippen LogP contribution in [0.2, 0.25) is 0 Å². The van der Waals surface area contributed by atoms with Gasteiger partial charge >= 0.3 is 0 Å². The fourth-order valence-corrected chi connectivity index (χ4v) is 1.42. The summed E-state index contributed by atoms with van der Waals surface area (Å²) >= 11 is 0. The van der Waals surface area contributed by atoms with E-state index in [2.05, 4.69) is 25.2 Å². The van der Waals surface area contributed by atoms with E-state index in [1.54, 1.807) is 0 Å². The molecule has 0 unspecified atom stereocenters. The summed E-state index contributed by atoms with van der Waals surface area (Å²) in [6.45, 7) is 6.40. The van der Waals surface area contributed by atoms with Gasteiger partial charge in [-0.2, -0.15) is 0 Å². The van der Waals surface area contributed by atoms with Gasteiger partial charge in [0.15, 0.2) is 0 Å².